The van der Waals surface area contributed by atoms with Crippen LogP contribution in [0.1, 0.15) is 148 Å². The first-order valence-electron chi connectivity index (χ1n) is 16.8. The molecule has 0 bridgehead atoms. The second-order valence-electron chi connectivity index (χ2n) is 12.7. The Morgan fingerprint density at radius 3 is 1.46 bits per heavy atom. The Morgan fingerprint density at radius 2 is 1.07 bits per heavy atom. The molecule has 9 heteroatoms. The maximum atomic E-state index is 11.9. The summed E-state index contributed by atoms with van der Waals surface area (Å²) in [5.41, 5.74) is 0. The van der Waals surface area contributed by atoms with Crippen LogP contribution >= 0.6 is 7.82 Å². The molecular weight excluding hydrogens is 547 g/mol. The van der Waals surface area contributed by atoms with Gasteiger partial charge in [0.05, 0.1) is 27.7 Å². The number of ether oxygens (including phenoxy) is 1. The SMILES string of the molecule is CCCCCCCCCCCCCCCCCC[13CH2][13CH2][13CH2][13CH2][13CH2][13C](=O)OC[C@@H](O)COP(=O)([O-])OCC[N+](C)(C)C. The van der Waals surface area contributed by atoms with Gasteiger partial charge < -0.3 is 28.3 Å². The molecule has 0 spiro atoms. The summed E-state index contributed by atoms with van der Waals surface area (Å²) in [6.07, 6.45) is 26.8. The zero-order valence-electron chi connectivity index (χ0n) is 27.3. The minimum atomic E-state index is -4.49. The zero-order valence-corrected chi connectivity index (χ0v) is 28.1. The molecule has 0 fully saturated rings. The van der Waals surface area contributed by atoms with Gasteiger partial charge in [-0.3, -0.25) is 9.36 Å². The van der Waals surface area contributed by atoms with E-state index in [1.807, 2.05) is 21.1 Å². The van der Waals surface area contributed by atoms with E-state index in [2.05, 4.69) is 11.4 Å². The highest BCUT2D eigenvalue weighted by Crippen LogP contribution is 2.38. The Kier molecular flexibility index (Phi) is 26.7. The predicted octanol–water partition coefficient (Wildman–Crippen LogP) is 7.70. The molecule has 0 aromatic heterocycles. The van der Waals surface area contributed by atoms with Gasteiger partial charge in [0.25, 0.3) is 7.82 Å². The third-order valence-electron chi connectivity index (χ3n) is 7.36. The molecule has 1 N–H and O–H groups in total. The fourth-order valence-corrected chi connectivity index (χ4v) is 5.39. The number of phosphoric ester groups is 1. The number of esters is 1. The van der Waals surface area contributed by atoms with E-state index in [9.17, 15) is 19.4 Å². The van der Waals surface area contributed by atoms with Crippen LogP contribution in [-0.2, 0) is 23.1 Å². The second kappa shape index (κ2) is 27.1. The summed E-state index contributed by atoms with van der Waals surface area (Å²) in [5.74, 6) is -0.383. The average Bonchev–Trinajstić information content (AvgIpc) is 2.90. The highest BCUT2D eigenvalue weighted by molar-refractivity contribution is 7.45. The summed E-state index contributed by atoms with van der Waals surface area (Å²) in [7, 11) is 1.26. The molecule has 0 aliphatic carbocycles. The van der Waals surface area contributed by atoms with Crippen LogP contribution in [0, 0.1) is 0 Å². The van der Waals surface area contributed by atoms with Gasteiger partial charge in [-0.05, 0) is 6.42 Å². The van der Waals surface area contributed by atoms with Crippen LogP contribution in [0.15, 0.2) is 0 Å². The van der Waals surface area contributed by atoms with Gasteiger partial charge in [0.2, 0.25) is 0 Å². The average molecular weight is 614 g/mol. The lowest BCUT2D eigenvalue weighted by Gasteiger charge is -2.27. The summed E-state index contributed by atoms with van der Waals surface area (Å²) in [6, 6.07) is 0. The standard InChI is InChI=1S/C32H66NO7P/c1-5-6-7-8-9-10-11-12-13-14-15-16-17-18-19-20-21-22-23-24-25-26-32(35)38-29-31(34)30-40-41(36,37)39-28-27-33(2,3)4/h31,34H,5-30H2,1-4H3/t31-/m1/s1/i22+1,23+1,24+1,25+1,26+1,32+1. The monoisotopic (exact) mass is 613 g/mol. The molecule has 0 saturated carbocycles. The summed E-state index contributed by atoms with van der Waals surface area (Å²) in [6.45, 7) is 1.97. The molecule has 0 aromatic carbocycles. The lowest BCUT2D eigenvalue weighted by Crippen LogP contribution is -2.37. The van der Waals surface area contributed by atoms with Crippen LogP contribution in [0.4, 0.5) is 0 Å². The number of nitrogens with zero attached hydrogens (tertiary/aromatic N) is 1. The molecule has 2 atom stereocenters. The number of aliphatic hydroxyl groups excluding tert-OH is 1. The molecule has 0 aliphatic rings. The van der Waals surface area contributed by atoms with E-state index >= 15 is 0 Å². The molecule has 0 heterocycles. The van der Waals surface area contributed by atoms with Gasteiger partial charge >= 0.3 is 5.97 Å². The molecule has 0 aliphatic heterocycles. The predicted molar refractivity (Wildman–Crippen MR) is 167 cm³/mol. The number of phosphoric acid groups is 1. The van der Waals surface area contributed by atoms with Crippen LogP contribution in [0.25, 0.3) is 0 Å². The smallest absolute Gasteiger partial charge is 0.305 e. The number of hydrogen-bond acceptors (Lipinski definition) is 7. The van der Waals surface area contributed by atoms with Gasteiger partial charge in [-0.1, -0.05) is 135 Å². The molecule has 0 aromatic rings. The number of unbranched alkanes of at least 4 members (excludes halogenated alkanes) is 20. The van der Waals surface area contributed by atoms with Gasteiger partial charge in [0, 0.05) is 6.42 Å². The topological polar surface area (TPSA) is 105 Å². The third kappa shape index (κ3) is 32.3. The Hall–Kier alpha value is -0.500. The first kappa shape index (κ1) is 40.5. The van der Waals surface area contributed by atoms with E-state index in [4.69, 9.17) is 9.26 Å². The van der Waals surface area contributed by atoms with E-state index in [0.717, 1.165) is 19.3 Å². The number of quaternary nitrogens is 1. The van der Waals surface area contributed by atoms with Crippen LogP contribution in [-0.4, -0.2) is 69.2 Å². The van der Waals surface area contributed by atoms with Gasteiger partial charge in [0.15, 0.2) is 0 Å². The normalized spacial score (nSPS) is 14.2. The first-order valence-corrected chi connectivity index (χ1v) is 18.3. The van der Waals surface area contributed by atoms with Crippen molar-refractivity contribution in [3.05, 3.63) is 0 Å². The highest BCUT2D eigenvalue weighted by Gasteiger charge is 2.16. The van der Waals surface area contributed by atoms with Crippen molar-refractivity contribution in [1.82, 2.24) is 0 Å². The van der Waals surface area contributed by atoms with Crippen molar-refractivity contribution in [2.45, 2.75) is 154 Å². The number of likely N-dealkylation sites (N-methyl/N-ethyl adjacent to an activating group) is 1. The lowest BCUT2D eigenvalue weighted by molar-refractivity contribution is -0.870. The van der Waals surface area contributed by atoms with Gasteiger partial charge in [-0.25, -0.2) is 0 Å². The fourth-order valence-electron chi connectivity index (χ4n) is 4.65. The van der Waals surface area contributed by atoms with Gasteiger partial charge in [-0.2, -0.15) is 0 Å². The van der Waals surface area contributed by atoms with E-state index < -0.39 is 20.5 Å². The number of aliphatic hydroxyl groups is 1. The maximum absolute atomic E-state index is 11.9. The summed E-state index contributed by atoms with van der Waals surface area (Å²) < 4.78 is 26.8. The number of carbonyl (C=O) groups excluding carboxylic acids is 1. The van der Waals surface area contributed by atoms with Crippen LogP contribution < -0.4 is 4.89 Å². The van der Waals surface area contributed by atoms with Crippen molar-refractivity contribution in [3.63, 3.8) is 0 Å². The molecule has 0 radical (unpaired) electrons. The summed E-state index contributed by atoms with van der Waals surface area (Å²) in [5, 5.41) is 9.84. The Morgan fingerprint density at radius 1 is 0.683 bits per heavy atom. The van der Waals surface area contributed by atoms with Crippen molar-refractivity contribution in [3.8, 4) is 0 Å². The van der Waals surface area contributed by atoms with Crippen LogP contribution in [0.5, 0.6) is 0 Å². The van der Waals surface area contributed by atoms with Crippen molar-refractivity contribution < 1.29 is 37.6 Å². The third-order valence-corrected chi connectivity index (χ3v) is 8.32. The lowest BCUT2D eigenvalue weighted by atomic mass is 10.0. The van der Waals surface area contributed by atoms with E-state index in [1.165, 1.54) is 116 Å². The van der Waals surface area contributed by atoms with Crippen molar-refractivity contribution in [2.24, 2.45) is 0 Å². The molecule has 0 rings (SSSR count). The Bertz CT molecular complexity index is 642. The minimum Gasteiger partial charge on any atom is -0.756 e. The minimum absolute atomic E-state index is 0.00509. The van der Waals surface area contributed by atoms with Gasteiger partial charge in [0.1, 0.15) is 25.9 Å². The van der Waals surface area contributed by atoms with Crippen LogP contribution in [0.2, 0.25) is 0 Å². The Labute approximate surface area is 253 Å². The quantitative estimate of drug-likeness (QED) is 0.0281. The van der Waals surface area contributed by atoms with Crippen molar-refractivity contribution in [1.29, 1.82) is 0 Å². The van der Waals surface area contributed by atoms with E-state index in [0.29, 0.717) is 17.4 Å². The maximum Gasteiger partial charge on any atom is 0.305 e. The Balaban J connectivity index is 3.41. The van der Waals surface area contributed by atoms with Crippen molar-refractivity contribution in [2.75, 3.05) is 47.5 Å². The number of carbonyl (C=O) groups is 1. The zero-order chi connectivity index (χ0) is 30.7. The molecule has 0 saturated heterocycles. The first-order chi connectivity index (χ1) is 19.6. The second-order valence-corrected chi connectivity index (χ2v) is 14.2. The van der Waals surface area contributed by atoms with E-state index in [1.54, 1.807) is 0 Å². The fraction of sp³-hybridized carbons (Fsp3) is 0.969. The largest absolute Gasteiger partial charge is 0.756 e. The van der Waals surface area contributed by atoms with E-state index in [-0.39, 0.29) is 19.2 Å². The molecule has 41 heavy (non-hydrogen) atoms. The molecule has 0 amide bonds. The molecule has 246 valence electrons. The van der Waals surface area contributed by atoms with Crippen molar-refractivity contribution >= 4 is 13.8 Å². The summed E-state index contributed by atoms with van der Waals surface area (Å²) in [4.78, 5) is 23.6. The number of rotatable bonds is 31. The molecule has 1 unspecified atom stereocenters. The van der Waals surface area contributed by atoms with Gasteiger partial charge in [-0.15, -0.1) is 0 Å². The molecule has 8 nitrogen and oxygen atoms in total. The summed E-state index contributed by atoms with van der Waals surface area (Å²) >= 11 is 0. The highest BCUT2D eigenvalue weighted by atomic mass is 31.2. The number of hydrogen-bond donors (Lipinski definition) is 1. The van der Waals surface area contributed by atoms with Crippen LogP contribution in [0.3, 0.4) is 0 Å². The molecular formula is C32H66NO7P.